The highest BCUT2D eigenvalue weighted by molar-refractivity contribution is 8.00. The van der Waals surface area contributed by atoms with Gasteiger partial charge in [-0.15, -0.1) is 18.3 Å². The zero-order valence-electron chi connectivity index (χ0n) is 11.6. The molecule has 1 saturated carbocycles. The van der Waals surface area contributed by atoms with Crippen LogP contribution in [0.25, 0.3) is 0 Å². The van der Waals surface area contributed by atoms with E-state index in [9.17, 15) is 9.59 Å². The summed E-state index contributed by atoms with van der Waals surface area (Å²) in [5.41, 5.74) is -0.792. The van der Waals surface area contributed by atoms with Crippen molar-refractivity contribution in [3.8, 4) is 0 Å². The fourth-order valence-corrected chi connectivity index (χ4v) is 2.88. The van der Waals surface area contributed by atoms with E-state index < -0.39 is 5.54 Å². The summed E-state index contributed by atoms with van der Waals surface area (Å²) in [4.78, 5) is 24.1. The highest BCUT2D eigenvalue weighted by Gasteiger charge is 2.42. The first-order valence-corrected chi connectivity index (χ1v) is 7.97. The minimum Gasteiger partial charge on any atom is -0.464 e. The van der Waals surface area contributed by atoms with Gasteiger partial charge in [-0.05, 0) is 19.8 Å². The molecule has 4 nitrogen and oxygen atoms in total. The number of carbonyl (C=O) groups excluding carboxylic acids is 2. The monoisotopic (exact) mass is 285 g/mol. The van der Waals surface area contributed by atoms with Crippen LogP contribution in [-0.2, 0) is 14.3 Å². The molecule has 0 aliphatic heterocycles. The first kappa shape index (κ1) is 16.1. The highest BCUT2D eigenvalue weighted by atomic mass is 32.2. The number of amides is 1. The maximum absolute atomic E-state index is 12.1. The quantitative estimate of drug-likeness (QED) is 0.443. The van der Waals surface area contributed by atoms with Gasteiger partial charge in [-0.1, -0.05) is 25.3 Å². The lowest BCUT2D eigenvalue weighted by Crippen LogP contribution is -2.56. The number of thioether (sulfide) groups is 1. The van der Waals surface area contributed by atoms with Crippen LogP contribution in [0.3, 0.4) is 0 Å². The van der Waals surface area contributed by atoms with Crippen LogP contribution in [0.4, 0.5) is 0 Å². The molecule has 1 rings (SSSR count). The SMILES string of the molecule is C=CCSCC(=O)NC1(C(=O)OCC)CCCCC1. The van der Waals surface area contributed by atoms with Crippen LogP contribution < -0.4 is 5.32 Å². The van der Waals surface area contributed by atoms with Crippen molar-refractivity contribution in [1.29, 1.82) is 0 Å². The fourth-order valence-electron chi connectivity index (χ4n) is 2.34. The Morgan fingerprint density at radius 1 is 1.37 bits per heavy atom. The van der Waals surface area contributed by atoms with E-state index >= 15 is 0 Å². The third-order valence-electron chi connectivity index (χ3n) is 3.22. The first-order chi connectivity index (χ1) is 9.14. The summed E-state index contributed by atoms with van der Waals surface area (Å²) in [5.74, 6) is 0.714. The summed E-state index contributed by atoms with van der Waals surface area (Å²) in [7, 11) is 0. The van der Waals surface area contributed by atoms with Gasteiger partial charge in [0.05, 0.1) is 12.4 Å². The molecule has 0 spiro atoms. The molecule has 0 radical (unpaired) electrons. The Kier molecular flexibility index (Phi) is 6.99. The van der Waals surface area contributed by atoms with E-state index in [1.54, 1.807) is 13.0 Å². The summed E-state index contributed by atoms with van der Waals surface area (Å²) in [5, 5.41) is 2.91. The molecule has 1 fully saturated rings. The molecule has 19 heavy (non-hydrogen) atoms. The number of rotatable bonds is 7. The Bertz CT molecular complexity index is 325. The molecule has 0 heterocycles. The molecule has 1 aliphatic rings. The number of hydrogen-bond acceptors (Lipinski definition) is 4. The molecule has 0 atom stereocenters. The van der Waals surface area contributed by atoms with Crippen molar-refractivity contribution in [1.82, 2.24) is 5.32 Å². The van der Waals surface area contributed by atoms with Crippen molar-refractivity contribution < 1.29 is 14.3 Å². The van der Waals surface area contributed by atoms with Gasteiger partial charge >= 0.3 is 5.97 Å². The Labute approximate surface area is 119 Å². The third kappa shape index (κ3) is 4.90. The first-order valence-electron chi connectivity index (χ1n) is 6.81. The largest absolute Gasteiger partial charge is 0.464 e. The third-order valence-corrected chi connectivity index (χ3v) is 4.16. The van der Waals surface area contributed by atoms with Crippen LogP contribution in [0.2, 0.25) is 0 Å². The molecular weight excluding hydrogens is 262 g/mol. The standard InChI is InChI=1S/C14H23NO3S/c1-3-10-19-11-12(16)15-14(13(17)18-4-2)8-6-5-7-9-14/h3H,1,4-11H2,2H3,(H,15,16). The summed E-state index contributed by atoms with van der Waals surface area (Å²) in [6, 6.07) is 0. The average Bonchev–Trinajstić information content (AvgIpc) is 2.40. The zero-order valence-corrected chi connectivity index (χ0v) is 12.4. The fraction of sp³-hybridized carbons (Fsp3) is 0.714. The maximum Gasteiger partial charge on any atom is 0.331 e. The molecule has 0 aromatic rings. The predicted molar refractivity (Wildman–Crippen MR) is 78.1 cm³/mol. The minimum absolute atomic E-state index is 0.0956. The average molecular weight is 285 g/mol. The van der Waals surface area contributed by atoms with Gasteiger partial charge in [0, 0.05) is 5.75 Å². The normalized spacial score (nSPS) is 17.5. The summed E-state index contributed by atoms with van der Waals surface area (Å²) in [6.07, 6.45) is 6.16. The maximum atomic E-state index is 12.1. The lowest BCUT2D eigenvalue weighted by molar-refractivity contribution is -0.154. The van der Waals surface area contributed by atoms with E-state index in [2.05, 4.69) is 11.9 Å². The molecule has 1 aliphatic carbocycles. The Morgan fingerprint density at radius 3 is 2.63 bits per heavy atom. The molecule has 0 aromatic carbocycles. The number of nitrogens with one attached hydrogen (secondary N) is 1. The number of esters is 1. The summed E-state index contributed by atoms with van der Waals surface area (Å²) < 4.78 is 5.13. The van der Waals surface area contributed by atoms with Crippen LogP contribution >= 0.6 is 11.8 Å². The van der Waals surface area contributed by atoms with Gasteiger partial charge in [-0.2, -0.15) is 0 Å². The molecule has 0 unspecified atom stereocenters. The molecule has 5 heteroatoms. The Morgan fingerprint density at radius 2 is 2.05 bits per heavy atom. The second-order valence-electron chi connectivity index (χ2n) is 4.72. The van der Waals surface area contributed by atoms with Gasteiger partial charge in [-0.3, -0.25) is 4.79 Å². The second kappa shape index (κ2) is 8.25. The van der Waals surface area contributed by atoms with E-state index in [4.69, 9.17) is 4.74 Å². The van der Waals surface area contributed by atoms with Crippen molar-refractivity contribution in [2.24, 2.45) is 0 Å². The Balaban J connectivity index is 2.60. The molecule has 108 valence electrons. The van der Waals surface area contributed by atoms with Gasteiger partial charge in [0.25, 0.3) is 0 Å². The smallest absolute Gasteiger partial charge is 0.331 e. The predicted octanol–water partition coefficient (Wildman–Crippen LogP) is 2.29. The lowest BCUT2D eigenvalue weighted by Gasteiger charge is -2.35. The molecule has 0 bridgehead atoms. The summed E-state index contributed by atoms with van der Waals surface area (Å²) in [6.45, 7) is 5.75. The van der Waals surface area contributed by atoms with Gasteiger partial charge in [-0.25, -0.2) is 4.79 Å². The van der Waals surface area contributed by atoms with E-state index in [0.717, 1.165) is 25.0 Å². The molecular formula is C14H23NO3S. The van der Waals surface area contributed by atoms with Crippen LogP contribution in [0.1, 0.15) is 39.0 Å². The molecule has 0 aromatic heterocycles. The van der Waals surface area contributed by atoms with Crippen molar-refractivity contribution in [3.63, 3.8) is 0 Å². The van der Waals surface area contributed by atoms with Crippen LogP contribution in [0, 0.1) is 0 Å². The minimum atomic E-state index is -0.792. The topological polar surface area (TPSA) is 55.4 Å². The number of carbonyl (C=O) groups is 2. The van der Waals surface area contributed by atoms with Crippen LogP contribution in [0.5, 0.6) is 0 Å². The lowest BCUT2D eigenvalue weighted by atomic mass is 9.81. The molecule has 0 saturated heterocycles. The van der Waals surface area contributed by atoms with E-state index in [1.807, 2.05) is 0 Å². The van der Waals surface area contributed by atoms with Gasteiger partial charge in [0.2, 0.25) is 5.91 Å². The van der Waals surface area contributed by atoms with Crippen molar-refractivity contribution in [3.05, 3.63) is 12.7 Å². The highest BCUT2D eigenvalue weighted by Crippen LogP contribution is 2.29. The zero-order chi connectivity index (χ0) is 14.1. The van der Waals surface area contributed by atoms with Crippen molar-refractivity contribution in [2.75, 3.05) is 18.1 Å². The second-order valence-corrected chi connectivity index (χ2v) is 5.75. The van der Waals surface area contributed by atoms with Crippen LogP contribution in [-0.4, -0.2) is 35.5 Å². The molecule has 1 amide bonds. The summed E-state index contributed by atoms with van der Waals surface area (Å²) >= 11 is 1.49. The van der Waals surface area contributed by atoms with E-state index in [1.165, 1.54) is 11.8 Å². The van der Waals surface area contributed by atoms with Gasteiger partial charge in [0.1, 0.15) is 5.54 Å². The number of ether oxygens (including phenoxy) is 1. The van der Waals surface area contributed by atoms with E-state index in [0.29, 0.717) is 25.2 Å². The molecule has 1 N–H and O–H groups in total. The number of hydrogen-bond donors (Lipinski definition) is 1. The van der Waals surface area contributed by atoms with Gasteiger partial charge < -0.3 is 10.1 Å². The van der Waals surface area contributed by atoms with Crippen molar-refractivity contribution in [2.45, 2.75) is 44.6 Å². The van der Waals surface area contributed by atoms with E-state index in [-0.39, 0.29) is 11.9 Å². The van der Waals surface area contributed by atoms with Gasteiger partial charge in [0.15, 0.2) is 0 Å². The Hall–Kier alpha value is -0.970. The van der Waals surface area contributed by atoms with Crippen LogP contribution in [0.15, 0.2) is 12.7 Å². The van der Waals surface area contributed by atoms with Crippen molar-refractivity contribution >= 4 is 23.6 Å².